The fraction of sp³-hybridized carbons (Fsp3) is 0.258. The second-order valence-electron chi connectivity index (χ2n) is 10.2. The van der Waals surface area contributed by atoms with E-state index in [4.69, 9.17) is 4.74 Å². The van der Waals surface area contributed by atoms with Crippen LogP contribution < -0.4 is 9.64 Å². The first-order chi connectivity index (χ1) is 21.0. The number of halogens is 3. The van der Waals surface area contributed by atoms with Gasteiger partial charge in [-0.25, -0.2) is 14.5 Å². The summed E-state index contributed by atoms with van der Waals surface area (Å²) >= 11 is 1.21. The van der Waals surface area contributed by atoms with Crippen LogP contribution in [0.15, 0.2) is 78.0 Å². The van der Waals surface area contributed by atoms with E-state index in [0.29, 0.717) is 23.1 Å². The van der Waals surface area contributed by atoms with Crippen molar-refractivity contribution in [2.45, 2.75) is 39.5 Å². The minimum absolute atomic E-state index is 0.0934. The third kappa shape index (κ3) is 7.46. The average molecular weight is 624 g/mol. The Balaban J connectivity index is 1.17. The van der Waals surface area contributed by atoms with Crippen molar-refractivity contribution in [2.75, 3.05) is 17.3 Å². The number of amides is 2. The van der Waals surface area contributed by atoms with E-state index in [9.17, 15) is 22.8 Å². The molecule has 0 unspecified atom stereocenters. The Morgan fingerprint density at radius 2 is 1.80 bits per heavy atom. The molecule has 1 aromatic heterocycles. The van der Waals surface area contributed by atoms with Crippen LogP contribution in [0.2, 0.25) is 0 Å². The summed E-state index contributed by atoms with van der Waals surface area (Å²) in [6.45, 7) is 6.14. The van der Waals surface area contributed by atoms with Crippen molar-refractivity contribution in [3.05, 3.63) is 89.7 Å². The Kier molecular flexibility index (Phi) is 9.04. The van der Waals surface area contributed by atoms with E-state index in [2.05, 4.69) is 19.8 Å². The molecule has 44 heavy (non-hydrogen) atoms. The standard InChI is InChI=1S/C31H28F3N5O4S/c1-19(2)25-13-4-20(3)16-26(25)39-27(40)17-44-29(39)36-30(41)42-15-14-21-5-7-22(8-6-21)28-35-18-38(37-28)23-9-11-24(12-10-23)43-31(32,33)34/h4-13,16,18-19H,14-15,17H2,1-3H3/b36-29-. The van der Waals surface area contributed by atoms with Crippen LogP contribution in [0, 0.1) is 6.92 Å². The molecule has 5 rings (SSSR count). The number of ether oxygens (including phenoxy) is 2. The molecule has 0 bridgehead atoms. The molecule has 0 aliphatic carbocycles. The lowest BCUT2D eigenvalue weighted by Gasteiger charge is -2.22. The fourth-order valence-electron chi connectivity index (χ4n) is 4.52. The molecule has 4 aromatic rings. The number of alkyl halides is 3. The number of amidine groups is 1. The van der Waals surface area contributed by atoms with E-state index >= 15 is 0 Å². The number of carbonyl (C=O) groups is 2. The van der Waals surface area contributed by atoms with Crippen LogP contribution in [0.1, 0.15) is 36.5 Å². The fourth-order valence-corrected chi connectivity index (χ4v) is 5.37. The molecule has 0 atom stereocenters. The molecule has 1 aliphatic heterocycles. The van der Waals surface area contributed by atoms with Crippen LogP contribution in [0.25, 0.3) is 17.1 Å². The topological polar surface area (TPSA) is 98.9 Å². The first kappa shape index (κ1) is 30.8. The zero-order valence-electron chi connectivity index (χ0n) is 24.0. The summed E-state index contributed by atoms with van der Waals surface area (Å²) in [4.78, 5) is 35.2. The molecule has 1 saturated heterocycles. The molecule has 0 N–H and O–H groups in total. The smallest absolute Gasteiger partial charge is 0.448 e. The molecule has 2 heterocycles. The second kappa shape index (κ2) is 12.9. The van der Waals surface area contributed by atoms with Gasteiger partial charge in [0.1, 0.15) is 12.1 Å². The van der Waals surface area contributed by atoms with E-state index < -0.39 is 12.5 Å². The van der Waals surface area contributed by atoms with Crippen molar-refractivity contribution in [3.63, 3.8) is 0 Å². The molecule has 1 aliphatic rings. The molecular weight excluding hydrogens is 595 g/mol. The Bertz CT molecular complexity index is 1690. The summed E-state index contributed by atoms with van der Waals surface area (Å²) in [6.07, 6.45) is -3.63. The molecule has 2 amide bonds. The highest BCUT2D eigenvalue weighted by Gasteiger charge is 2.33. The number of benzene rings is 3. The summed E-state index contributed by atoms with van der Waals surface area (Å²) in [5, 5.41) is 4.70. The predicted molar refractivity (Wildman–Crippen MR) is 161 cm³/mol. The average Bonchev–Trinajstić information content (AvgIpc) is 3.60. The van der Waals surface area contributed by atoms with Crippen LogP contribution in [-0.4, -0.2) is 50.7 Å². The number of aromatic nitrogens is 3. The summed E-state index contributed by atoms with van der Waals surface area (Å²) in [7, 11) is 0. The quantitative estimate of drug-likeness (QED) is 0.207. The summed E-state index contributed by atoms with van der Waals surface area (Å²) in [5.74, 6) is 0.337. The SMILES string of the molecule is Cc1ccc(C(C)C)c(N2C(=O)CS/C2=N\C(=O)OCCc2ccc(-c3ncn(-c4ccc(OC(F)(F)F)cc4)n3)cc2)c1. The maximum absolute atomic E-state index is 12.7. The highest BCUT2D eigenvalue weighted by Crippen LogP contribution is 2.34. The van der Waals surface area contributed by atoms with Gasteiger partial charge in [0, 0.05) is 12.0 Å². The van der Waals surface area contributed by atoms with Crippen LogP contribution in [0.4, 0.5) is 23.7 Å². The predicted octanol–water partition coefficient (Wildman–Crippen LogP) is 7.08. The number of anilines is 1. The van der Waals surface area contributed by atoms with Gasteiger partial charge in [0.25, 0.3) is 0 Å². The van der Waals surface area contributed by atoms with Crippen LogP contribution >= 0.6 is 11.8 Å². The number of hydrogen-bond donors (Lipinski definition) is 0. The third-order valence-electron chi connectivity index (χ3n) is 6.66. The van der Waals surface area contributed by atoms with Gasteiger partial charge in [-0.1, -0.05) is 62.0 Å². The summed E-state index contributed by atoms with van der Waals surface area (Å²) in [5.41, 5.74) is 4.87. The number of thioether (sulfide) groups is 1. The Labute approximate surface area is 255 Å². The minimum Gasteiger partial charge on any atom is -0.448 e. The van der Waals surface area contributed by atoms with E-state index in [1.54, 1.807) is 0 Å². The van der Waals surface area contributed by atoms with Gasteiger partial charge in [0.05, 0.1) is 23.7 Å². The van der Waals surface area contributed by atoms with Crippen molar-refractivity contribution < 1.29 is 32.2 Å². The van der Waals surface area contributed by atoms with Crippen molar-refractivity contribution in [1.29, 1.82) is 0 Å². The van der Waals surface area contributed by atoms with E-state index in [0.717, 1.165) is 27.9 Å². The molecule has 3 aromatic carbocycles. The number of nitrogens with zero attached hydrogens (tertiary/aromatic N) is 5. The number of rotatable bonds is 8. The number of hydrogen-bond acceptors (Lipinski definition) is 7. The largest absolute Gasteiger partial charge is 0.573 e. The first-order valence-electron chi connectivity index (χ1n) is 13.7. The normalized spacial score (nSPS) is 14.5. The number of carbonyl (C=O) groups excluding carboxylic acids is 2. The molecule has 0 saturated carbocycles. The van der Waals surface area contributed by atoms with Crippen molar-refractivity contribution >= 4 is 34.6 Å². The van der Waals surface area contributed by atoms with Gasteiger partial charge in [-0.2, -0.15) is 4.99 Å². The zero-order chi connectivity index (χ0) is 31.4. The van der Waals surface area contributed by atoms with Crippen molar-refractivity contribution in [2.24, 2.45) is 4.99 Å². The first-order valence-corrected chi connectivity index (χ1v) is 14.6. The maximum atomic E-state index is 12.7. The number of aryl methyl sites for hydroxylation is 1. The van der Waals surface area contributed by atoms with Crippen molar-refractivity contribution in [1.82, 2.24) is 14.8 Å². The van der Waals surface area contributed by atoms with E-state index in [-0.39, 0.29) is 29.9 Å². The lowest BCUT2D eigenvalue weighted by Crippen LogP contribution is -2.31. The Morgan fingerprint density at radius 1 is 1.07 bits per heavy atom. The molecule has 0 spiro atoms. The van der Waals surface area contributed by atoms with Crippen molar-refractivity contribution in [3.8, 4) is 22.8 Å². The third-order valence-corrected chi connectivity index (χ3v) is 7.58. The molecule has 228 valence electrons. The minimum atomic E-state index is -4.76. The van der Waals surface area contributed by atoms with Crippen LogP contribution in [0.5, 0.6) is 5.75 Å². The molecule has 13 heteroatoms. The van der Waals surface area contributed by atoms with Crippen LogP contribution in [-0.2, 0) is 16.0 Å². The molecule has 0 radical (unpaired) electrons. The van der Waals surface area contributed by atoms with Gasteiger partial charge < -0.3 is 9.47 Å². The lowest BCUT2D eigenvalue weighted by atomic mass is 9.99. The van der Waals surface area contributed by atoms with Gasteiger partial charge in [-0.3, -0.25) is 9.69 Å². The molecule has 9 nitrogen and oxygen atoms in total. The summed E-state index contributed by atoms with van der Waals surface area (Å²) in [6, 6.07) is 18.6. The van der Waals surface area contributed by atoms with Gasteiger partial charge >= 0.3 is 12.5 Å². The lowest BCUT2D eigenvalue weighted by molar-refractivity contribution is -0.274. The van der Waals surface area contributed by atoms with Gasteiger partial charge in [0.15, 0.2) is 11.0 Å². The monoisotopic (exact) mass is 623 g/mol. The summed E-state index contributed by atoms with van der Waals surface area (Å²) < 4.78 is 47.9. The van der Waals surface area contributed by atoms with E-state index in [1.165, 1.54) is 51.9 Å². The van der Waals surface area contributed by atoms with E-state index in [1.807, 2.05) is 63.2 Å². The van der Waals surface area contributed by atoms with Gasteiger partial charge in [0.2, 0.25) is 5.91 Å². The van der Waals surface area contributed by atoms with Crippen LogP contribution in [0.3, 0.4) is 0 Å². The Morgan fingerprint density at radius 3 is 2.48 bits per heavy atom. The molecule has 1 fully saturated rings. The van der Waals surface area contributed by atoms with Gasteiger partial charge in [-0.15, -0.1) is 18.3 Å². The maximum Gasteiger partial charge on any atom is 0.573 e. The highest BCUT2D eigenvalue weighted by atomic mass is 32.2. The van der Waals surface area contributed by atoms with Gasteiger partial charge in [-0.05, 0) is 59.9 Å². The highest BCUT2D eigenvalue weighted by molar-refractivity contribution is 8.15. The second-order valence-corrected chi connectivity index (χ2v) is 11.2. The number of aliphatic imine (C=N–C) groups is 1. The molecular formula is C31H28F3N5O4S. The Hall–Kier alpha value is -4.65. The zero-order valence-corrected chi connectivity index (χ0v) is 24.9.